The number of alkyl halides is 3. The lowest BCUT2D eigenvalue weighted by atomic mass is 10.0. The fourth-order valence-corrected chi connectivity index (χ4v) is 5.24. The smallest absolute Gasteiger partial charge is 0.324 e. The van der Waals surface area contributed by atoms with Crippen molar-refractivity contribution in [3.05, 3.63) is 89.1 Å². The Morgan fingerprint density at radius 2 is 1.82 bits per heavy atom. The van der Waals surface area contributed by atoms with Crippen molar-refractivity contribution in [1.82, 2.24) is 29.7 Å². The number of benzene rings is 2. The van der Waals surface area contributed by atoms with Crippen molar-refractivity contribution in [1.29, 1.82) is 0 Å². The van der Waals surface area contributed by atoms with E-state index in [4.69, 9.17) is 0 Å². The van der Waals surface area contributed by atoms with E-state index < -0.39 is 17.6 Å². The molecule has 1 fully saturated rings. The summed E-state index contributed by atoms with van der Waals surface area (Å²) in [6.07, 6.45) is 1.37. The highest BCUT2D eigenvalue weighted by Gasteiger charge is 2.35. The van der Waals surface area contributed by atoms with E-state index in [1.807, 2.05) is 39.8 Å². The molecule has 1 atom stereocenters. The third-order valence-corrected chi connectivity index (χ3v) is 7.93. The molecule has 45 heavy (non-hydrogen) atoms. The number of hydrogen-bond acceptors (Lipinski definition) is 8. The molecule has 0 spiro atoms. The van der Waals surface area contributed by atoms with Crippen LogP contribution in [0.1, 0.15) is 59.1 Å². The first kappa shape index (κ1) is 32.0. The van der Waals surface area contributed by atoms with Crippen LogP contribution in [-0.2, 0) is 12.7 Å². The van der Waals surface area contributed by atoms with Crippen LogP contribution < -0.4 is 10.6 Å². The Morgan fingerprint density at radius 3 is 2.49 bits per heavy atom. The van der Waals surface area contributed by atoms with E-state index in [2.05, 4.69) is 35.5 Å². The second-order valence-electron chi connectivity index (χ2n) is 11.9. The number of carbonyl (C=O) groups excluding carboxylic acids is 1. The highest BCUT2D eigenvalue weighted by molar-refractivity contribution is 6.04. The zero-order valence-electron chi connectivity index (χ0n) is 26.0. The molecule has 1 amide bonds. The molecular weight excluding hydrogens is 581 g/mol. The minimum atomic E-state index is -4.59. The third kappa shape index (κ3) is 7.81. The Balaban J connectivity index is 1.31. The van der Waals surface area contributed by atoms with E-state index in [9.17, 15) is 18.0 Å². The molecule has 236 valence electrons. The summed E-state index contributed by atoms with van der Waals surface area (Å²) in [6.45, 7) is 7.52. The second-order valence-corrected chi connectivity index (χ2v) is 11.9. The standard InChI is InChI=1S/C33H37F3N8O/c1-20(2)30-38-16-24(17-39-30)28-10-12-37-32(41-28)42-29-15-25(9-6-21(29)3)40-31(45)22-7-8-23(27(14-22)33(34,35)36)18-44-13-11-26(19-44)43(4)5/h6-10,12,14-17,20,26H,11,13,18-19H2,1-5H3,(H,40,45)(H,37,41,42)/t26-/m0/s1. The van der Waals surface area contributed by atoms with E-state index in [-0.39, 0.29) is 23.6 Å². The van der Waals surface area contributed by atoms with Gasteiger partial charge in [0.1, 0.15) is 5.82 Å². The number of carbonyl (C=O) groups is 1. The first-order chi connectivity index (χ1) is 21.4. The summed E-state index contributed by atoms with van der Waals surface area (Å²) in [5.74, 6) is 0.637. The van der Waals surface area contributed by atoms with Crippen LogP contribution in [0, 0.1) is 6.92 Å². The van der Waals surface area contributed by atoms with Gasteiger partial charge in [-0.15, -0.1) is 0 Å². The van der Waals surface area contributed by atoms with Gasteiger partial charge in [-0.2, -0.15) is 13.2 Å². The summed E-state index contributed by atoms with van der Waals surface area (Å²) in [5, 5.41) is 5.91. The molecule has 1 saturated heterocycles. The normalized spacial score (nSPS) is 15.6. The maximum Gasteiger partial charge on any atom is 0.416 e. The van der Waals surface area contributed by atoms with Gasteiger partial charge in [-0.05, 0) is 68.9 Å². The lowest BCUT2D eigenvalue weighted by molar-refractivity contribution is -0.138. The summed E-state index contributed by atoms with van der Waals surface area (Å²) in [5.41, 5.74) is 2.56. The van der Waals surface area contributed by atoms with Crippen molar-refractivity contribution >= 4 is 23.2 Å². The van der Waals surface area contributed by atoms with Crippen LogP contribution in [-0.4, -0.2) is 68.9 Å². The number of aryl methyl sites for hydroxylation is 1. The minimum absolute atomic E-state index is 0.0736. The maximum absolute atomic E-state index is 14.1. The quantitative estimate of drug-likeness (QED) is 0.219. The molecule has 9 nitrogen and oxygen atoms in total. The molecule has 0 radical (unpaired) electrons. The van der Waals surface area contributed by atoms with Crippen LogP contribution in [0.5, 0.6) is 0 Å². The van der Waals surface area contributed by atoms with Crippen molar-refractivity contribution in [3.63, 3.8) is 0 Å². The molecule has 2 aromatic carbocycles. The Bertz CT molecular complexity index is 1660. The lowest BCUT2D eigenvalue weighted by Crippen LogP contribution is -2.31. The number of likely N-dealkylation sites (tertiary alicyclic amines) is 1. The fraction of sp³-hybridized carbons (Fsp3) is 0.364. The van der Waals surface area contributed by atoms with E-state index >= 15 is 0 Å². The van der Waals surface area contributed by atoms with Crippen molar-refractivity contribution in [2.24, 2.45) is 0 Å². The Kier molecular flexibility index (Phi) is 9.45. The van der Waals surface area contributed by atoms with Gasteiger partial charge in [0.05, 0.1) is 11.3 Å². The lowest BCUT2D eigenvalue weighted by Gasteiger charge is -2.22. The topological polar surface area (TPSA) is 99.2 Å². The Hall–Kier alpha value is -4.42. The maximum atomic E-state index is 14.1. The average Bonchev–Trinajstić information content (AvgIpc) is 3.47. The fourth-order valence-electron chi connectivity index (χ4n) is 5.24. The molecule has 2 aromatic heterocycles. The number of rotatable bonds is 9. The van der Waals surface area contributed by atoms with Gasteiger partial charge in [-0.25, -0.2) is 19.9 Å². The van der Waals surface area contributed by atoms with Crippen LogP contribution in [0.15, 0.2) is 61.1 Å². The summed E-state index contributed by atoms with van der Waals surface area (Å²) < 4.78 is 42.3. The highest BCUT2D eigenvalue weighted by Crippen LogP contribution is 2.34. The molecule has 0 unspecified atom stereocenters. The molecule has 2 N–H and O–H groups in total. The summed E-state index contributed by atoms with van der Waals surface area (Å²) >= 11 is 0. The van der Waals surface area contributed by atoms with Gasteiger partial charge in [-0.3, -0.25) is 9.69 Å². The number of nitrogens with one attached hydrogen (secondary N) is 2. The zero-order valence-corrected chi connectivity index (χ0v) is 26.0. The van der Waals surface area contributed by atoms with Crippen molar-refractivity contribution < 1.29 is 18.0 Å². The van der Waals surface area contributed by atoms with Gasteiger partial charge >= 0.3 is 6.18 Å². The molecule has 1 aliphatic rings. The van der Waals surface area contributed by atoms with Crippen molar-refractivity contribution in [2.45, 2.75) is 51.9 Å². The van der Waals surface area contributed by atoms with E-state index in [0.717, 1.165) is 36.0 Å². The molecule has 5 rings (SSSR count). The van der Waals surface area contributed by atoms with E-state index in [1.165, 1.54) is 12.1 Å². The summed E-state index contributed by atoms with van der Waals surface area (Å²) in [6, 6.07) is 11.0. The first-order valence-electron chi connectivity index (χ1n) is 14.8. The molecule has 1 aliphatic heterocycles. The van der Waals surface area contributed by atoms with Gasteiger partial charge < -0.3 is 15.5 Å². The number of hydrogen-bond donors (Lipinski definition) is 2. The molecule has 3 heterocycles. The van der Waals surface area contributed by atoms with Gasteiger partial charge in [0.15, 0.2) is 0 Å². The number of nitrogens with zero attached hydrogens (tertiary/aromatic N) is 6. The number of anilines is 3. The van der Waals surface area contributed by atoms with Gasteiger partial charge in [0, 0.05) is 72.7 Å². The third-order valence-electron chi connectivity index (χ3n) is 7.93. The van der Waals surface area contributed by atoms with Crippen molar-refractivity contribution in [3.8, 4) is 11.3 Å². The average molecular weight is 619 g/mol. The molecule has 0 aliphatic carbocycles. The zero-order chi connectivity index (χ0) is 32.3. The number of likely N-dealkylation sites (N-methyl/N-ethyl adjacent to an activating group) is 1. The van der Waals surface area contributed by atoms with E-state index in [0.29, 0.717) is 35.6 Å². The molecule has 12 heteroatoms. The molecule has 4 aromatic rings. The molecule has 0 saturated carbocycles. The molecular formula is C33H37F3N8O. The molecule has 0 bridgehead atoms. The SMILES string of the molecule is Cc1ccc(NC(=O)c2ccc(CN3CC[C@H](N(C)C)C3)c(C(F)(F)F)c2)cc1Nc1nccc(-c2cnc(C(C)C)nc2)n1. The monoisotopic (exact) mass is 618 g/mol. The Morgan fingerprint density at radius 1 is 1.07 bits per heavy atom. The highest BCUT2D eigenvalue weighted by atomic mass is 19.4. The summed E-state index contributed by atoms with van der Waals surface area (Å²) in [7, 11) is 3.95. The van der Waals surface area contributed by atoms with Crippen LogP contribution in [0.2, 0.25) is 0 Å². The predicted octanol–water partition coefficient (Wildman–Crippen LogP) is 6.52. The van der Waals surface area contributed by atoms with Gasteiger partial charge in [0.2, 0.25) is 5.95 Å². The van der Waals surface area contributed by atoms with Gasteiger partial charge in [0.25, 0.3) is 5.91 Å². The van der Waals surface area contributed by atoms with Crippen molar-refractivity contribution in [2.75, 3.05) is 37.8 Å². The Labute approximate surface area is 260 Å². The van der Waals surface area contributed by atoms with Crippen LogP contribution in [0.4, 0.5) is 30.5 Å². The largest absolute Gasteiger partial charge is 0.416 e. The van der Waals surface area contributed by atoms with E-state index in [1.54, 1.807) is 42.9 Å². The number of halogens is 3. The second kappa shape index (κ2) is 13.3. The number of aromatic nitrogens is 4. The first-order valence-corrected chi connectivity index (χ1v) is 14.8. The van der Waals surface area contributed by atoms with Crippen LogP contribution >= 0.6 is 0 Å². The van der Waals surface area contributed by atoms with Crippen LogP contribution in [0.25, 0.3) is 11.3 Å². The van der Waals surface area contributed by atoms with Gasteiger partial charge in [-0.1, -0.05) is 26.0 Å². The van der Waals surface area contributed by atoms with Crippen LogP contribution in [0.3, 0.4) is 0 Å². The predicted molar refractivity (Wildman–Crippen MR) is 168 cm³/mol. The number of amides is 1. The minimum Gasteiger partial charge on any atom is -0.324 e. The summed E-state index contributed by atoms with van der Waals surface area (Å²) in [4.78, 5) is 34.9.